The van der Waals surface area contributed by atoms with Crippen molar-refractivity contribution in [3.05, 3.63) is 59.7 Å². The fraction of sp³-hybridized carbons (Fsp3) is 0.577. The van der Waals surface area contributed by atoms with Crippen molar-refractivity contribution in [3.63, 3.8) is 0 Å². The predicted molar refractivity (Wildman–Crippen MR) is 116 cm³/mol. The lowest BCUT2D eigenvalue weighted by Crippen LogP contribution is -2.34. The predicted octanol–water partition coefficient (Wildman–Crippen LogP) is 6.33. The van der Waals surface area contributed by atoms with E-state index >= 15 is 0 Å². The van der Waals surface area contributed by atoms with Gasteiger partial charge in [0.15, 0.2) is 0 Å². The average Bonchev–Trinajstić information content (AvgIpc) is 2.77. The first kappa shape index (κ1) is 20.9. The van der Waals surface area contributed by atoms with Crippen molar-refractivity contribution in [2.45, 2.75) is 76.7 Å². The smallest absolute Gasteiger partial charge is 0.0912 e. The lowest BCUT2D eigenvalue weighted by atomic mass is 9.70. The molecule has 0 bridgehead atoms. The molecule has 2 aliphatic rings. The summed E-state index contributed by atoms with van der Waals surface area (Å²) in [6.07, 6.45) is 17.9. The third-order valence-electron chi connectivity index (χ3n) is 7.08. The van der Waals surface area contributed by atoms with Crippen molar-refractivity contribution in [1.82, 2.24) is 0 Å². The van der Waals surface area contributed by atoms with Gasteiger partial charge in [0.1, 0.15) is 0 Å². The molecule has 28 heavy (non-hydrogen) atoms. The number of nitrogens with zero attached hydrogens (tertiary/aromatic N) is 1. The highest BCUT2D eigenvalue weighted by Gasteiger charge is 2.33. The van der Waals surface area contributed by atoms with Crippen LogP contribution in [-0.4, -0.2) is 11.2 Å². The highest BCUT2D eigenvalue weighted by Crippen LogP contribution is 2.41. The van der Waals surface area contributed by atoms with E-state index in [1.165, 1.54) is 42.9 Å². The van der Waals surface area contributed by atoms with Crippen LogP contribution in [0.1, 0.15) is 75.3 Å². The van der Waals surface area contributed by atoms with Crippen molar-refractivity contribution < 1.29 is 5.11 Å². The lowest BCUT2D eigenvalue weighted by Gasteiger charge is -2.38. The summed E-state index contributed by atoms with van der Waals surface area (Å²) in [4.78, 5) is 0. The van der Waals surface area contributed by atoms with Gasteiger partial charge >= 0.3 is 0 Å². The second kappa shape index (κ2) is 10.6. The number of rotatable bonds is 6. The van der Waals surface area contributed by atoms with Gasteiger partial charge in [0.2, 0.25) is 0 Å². The number of aryl methyl sites for hydroxylation is 1. The van der Waals surface area contributed by atoms with Gasteiger partial charge < -0.3 is 5.11 Å². The lowest BCUT2D eigenvalue weighted by molar-refractivity contribution is 0.0127. The van der Waals surface area contributed by atoms with E-state index in [2.05, 4.69) is 37.3 Å². The summed E-state index contributed by atoms with van der Waals surface area (Å²) < 4.78 is 0. The third-order valence-corrected chi connectivity index (χ3v) is 7.08. The minimum atomic E-state index is -0.119. The number of aliphatic hydroxyl groups is 1. The maximum atomic E-state index is 11.0. The summed E-state index contributed by atoms with van der Waals surface area (Å²) in [7, 11) is 0. The van der Waals surface area contributed by atoms with E-state index < -0.39 is 0 Å². The van der Waals surface area contributed by atoms with Crippen LogP contribution in [0.15, 0.2) is 48.6 Å². The first-order chi connectivity index (χ1) is 13.7. The van der Waals surface area contributed by atoms with E-state index in [1.807, 2.05) is 18.2 Å². The van der Waals surface area contributed by atoms with Gasteiger partial charge in [0.05, 0.1) is 12.2 Å². The van der Waals surface area contributed by atoms with Crippen LogP contribution >= 0.6 is 0 Å². The van der Waals surface area contributed by atoms with Gasteiger partial charge in [-0.2, -0.15) is 5.26 Å². The molecule has 0 radical (unpaired) electrons. The van der Waals surface area contributed by atoms with Crippen LogP contribution in [-0.2, 0) is 6.42 Å². The number of nitriles is 1. The van der Waals surface area contributed by atoms with Gasteiger partial charge in [-0.05, 0) is 92.6 Å². The van der Waals surface area contributed by atoms with Gasteiger partial charge in [-0.1, -0.05) is 49.4 Å². The van der Waals surface area contributed by atoms with Crippen molar-refractivity contribution in [2.24, 2.45) is 17.8 Å². The van der Waals surface area contributed by atoms with Crippen LogP contribution in [0.4, 0.5) is 0 Å². The zero-order chi connectivity index (χ0) is 19.8. The fourth-order valence-electron chi connectivity index (χ4n) is 5.20. The molecule has 0 saturated heterocycles. The highest BCUT2D eigenvalue weighted by atomic mass is 16.3. The molecule has 150 valence electrons. The zero-order valence-electron chi connectivity index (χ0n) is 17.3. The fourth-order valence-corrected chi connectivity index (χ4v) is 5.20. The Labute approximate surface area is 171 Å². The van der Waals surface area contributed by atoms with Gasteiger partial charge in [-0.15, -0.1) is 0 Å². The molecule has 0 aliphatic heterocycles. The van der Waals surface area contributed by atoms with Crippen LogP contribution < -0.4 is 0 Å². The maximum absolute atomic E-state index is 11.0. The molecule has 0 spiro atoms. The van der Waals surface area contributed by atoms with E-state index in [4.69, 9.17) is 5.26 Å². The van der Waals surface area contributed by atoms with Crippen LogP contribution in [0.3, 0.4) is 0 Å². The Balaban J connectivity index is 1.44. The number of aliphatic hydroxyl groups excluding tert-OH is 1. The van der Waals surface area contributed by atoms with Gasteiger partial charge in [-0.3, -0.25) is 0 Å². The number of hydrogen-bond acceptors (Lipinski definition) is 2. The van der Waals surface area contributed by atoms with Crippen molar-refractivity contribution in [2.75, 3.05) is 0 Å². The first-order valence-corrected chi connectivity index (χ1v) is 11.2. The van der Waals surface area contributed by atoms with E-state index in [1.54, 1.807) is 0 Å². The Morgan fingerprint density at radius 3 is 2.14 bits per heavy atom. The first-order valence-electron chi connectivity index (χ1n) is 11.2. The van der Waals surface area contributed by atoms with E-state index in [-0.39, 0.29) is 6.10 Å². The molecule has 0 aromatic heterocycles. The number of hydrogen-bond donors (Lipinski definition) is 1. The number of allylic oxidation sites excluding steroid dienone is 4. The average molecular weight is 378 g/mol. The minimum Gasteiger partial charge on any atom is -0.393 e. The molecule has 1 N–H and O–H groups in total. The second-order valence-electron chi connectivity index (χ2n) is 8.75. The summed E-state index contributed by atoms with van der Waals surface area (Å²) in [6, 6.07) is 11.2. The summed E-state index contributed by atoms with van der Waals surface area (Å²) in [6.45, 7) is 2.21. The molecule has 0 amide bonds. The molecule has 1 atom stereocenters. The molecule has 2 aliphatic carbocycles. The monoisotopic (exact) mass is 377 g/mol. The standard InChI is InChI=1S/C26H35NO/c1-2-20-7-11-22(12-8-20)23-15-17-25(18-16-23)26(28)24-13-9-21(10-14-24)6-4-3-5-19-27/h3-8,11-12,21,23-26,28H,2,9-10,13-18H2,1H3. The molecular weight excluding hydrogens is 342 g/mol. The Kier molecular flexibility index (Phi) is 7.92. The van der Waals surface area contributed by atoms with Crippen molar-refractivity contribution >= 4 is 0 Å². The SMILES string of the molecule is CCc1ccc(C2CCC(C(O)C3CCC(C=CC=CC#N)CC3)CC2)cc1. The Morgan fingerprint density at radius 1 is 0.964 bits per heavy atom. The van der Waals surface area contributed by atoms with Crippen molar-refractivity contribution in [1.29, 1.82) is 5.26 Å². The number of benzene rings is 1. The molecule has 1 unspecified atom stereocenters. The molecule has 2 fully saturated rings. The maximum Gasteiger partial charge on any atom is 0.0912 e. The molecule has 1 aromatic rings. The minimum absolute atomic E-state index is 0.119. The summed E-state index contributed by atoms with van der Waals surface area (Å²) >= 11 is 0. The summed E-state index contributed by atoms with van der Waals surface area (Å²) in [5, 5.41) is 19.5. The van der Waals surface area contributed by atoms with E-state index in [9.17, 15) is 5.11 Å². The molecule has 2 nitrogen and oxygen atoms in total. The molecule has 3 rings (SSSR count). The largest absolute Gasteiger partial charge is 0.393 e. The summed E-state index contributed by atoms with van der Waals surface area (Å²) in [5.41, 5.74) is 2.90. The quantitative estimate of drug-likeness (QED) is 0.465. The van der Waals surface area contributed by atoms with Gasteiger partial charge in [0, 0.05) is 6.08 Å². The van der Waals surface area contributed by atoms with Crippen LogP contribution in [0.5, 0.6) is 0 Å². The second-order valence-corrected chi connectivity index (χ2v) is 8.75. The zero-order valence-corrected chi connectivity index (χ0v) is 17.3. The van der Waals surface area contributed by atoms with E-state index in [0.29, 0.717) is 23.7 Å². The highest BCUT2D eigenvalue weighted by molar-refractivity contribution is 5.25. The Bertz CT molecular complexity index is 680. The molecule has 0 heterocycles. The van der Waals surface area contributed by atoms with Crippen LogP contribution in [0, 0.1) is 29.1 Å². The van der Waals surface area contributed by atoms with Crippen molar-refractivity contribution in [3.8, 4) is 6.07 Å². The van der Waals surface area contributed by atoms with E-state index in [0.717, 1.165) is 32.1 Å². The Morgan fingerprint density at radius 2 is 1.57 bits per heavy atom. The normalized spacial score (nSPS) is 29.8. The van der Waals surface area contributed by atoms with Crippen LogP contribution in [0.25, 0.3) is 0 Å². The van der Waals surface area contributed by atoms with Gasteiger partial charge in [0.25, 0.3) is 0 Å². The third kappa shape index (κ3) is 5.58. The Hall–Kier alpha value is -1.85. The molecule has 1 aromatic carbocycles. The topological polar surface area (TPSA) is 44.0 Å². The molecule has 2 saturated carbocycles. The molecular formula is C26H35NO. The molecule has 2 heteroatoms. The summed E-state index contributed by atoms with van der Waals surface area (Å²) in [5.74, 6) is 2.25. The van der Waals surface area contributed by atoms with Gasteiger partial charge in [-0.25, -0.2) is 0 Å². The van der Waals surface area contributed by atoms with Crippen LogP contribution in [0.2, 0.25) is 0 Å².